The van der Waals surface area contributed by atoms with Crippen LogP contribution in [0.3, 0.4) is 0 Å². The van der Waals surface area contributed by atoms with E-state index in [0.29, 0.717) is 0 Å². The minimum Gasteiger partial charge on any atom is -0.394 e. The smallest absolute Gasteiger partial charge is 0.394 e. The molecule has 8 heteroatoms. The average Bonchev–Trinajstić information content (AvgIpc) is 2.58. The molecule has 0 aromatic carbocycles. The normalized spacial score (nSPS) is 26.5. The van der Waals surface area contributed by atoms with Gasteiger partial charge in [-0.3, -0.25) is 10.1 Å². The summed E-state index contributed by atoms with van der Waals surface area (Å²) in [5.74, 6) is 0. The van der Waals surface area contributed by atoms with E-state index in [-0.39, 0.29) is 18.9 Å². The Hall–Kier alpha value is -1.41. The van der Waals surface area contributed by atoms with Gasteiger partial charge in [-0.25, -0.2) is 0 Å². The van der Waals surface area contributed by atoms with Crippen LogP contribution in [0.5, 0.6) is 0 Å². The van der Waals surface area contributed by atoms with Gasteiger partial charge in [0.05, 0.1) is 31.2 Å². The topological polar surface area (TPSA) is 97.3 Å². The first-order valence-corrected chi connectivity index (χ1v) is 4.18. The highest BCUT2D eigenvalue weighted by atomic mass is 19.2. The molecule has 0 aromatic heterocycles. The van der Waals surface area contributed by atoms with Crippen LogP contribution in [-0.4, -0.2) is 47.3 Å². The number of halogens is 1. The molecule has 0 fully saturated rings. The van der Waals surface area contributed by atoms with Crippen molar-refractivity contribution in [1.82, 2.24) is 0 Å². The van der Waals surface area contributed by atoms with Gasteiger partial charge in [-0.1, -0.05) is 0 Å². The number of alkyl halides is 1. The molecule has 84 valence electrons. The summed E-state index contributed by atoms with van der Waals surface area (Å²) in [5.41, 5.74) is 0.0366. The molecule has 0 saturated heterocycles. The number of rotatable bonds is 5. The Labute approximate surface area is 84.4 Å². The van der Waals surface area contributed by atoms with Crippen LogP contribution in [0.1, 0.15) is 6.92 Å². The first-order chi connectivity index (χ1) is 6.98. The maximum atomic E-state index is 13.1. The van der Waals surface area contributed by atoms with Crippen molar-refractivity contribution >= 4 is 11.9 Å². The highest BCUT2D eigenvalue weighted by Gasteiger charge is 2.46. The van der Waals surface area contributed by atoms with Crippen molar-refractivity contribution in [2.45, 2.75) is 19.1 Å². The summed E-state index contributed by atoms with van der Waals surface area (Å²) in [4.78, 5) is 15.1. The number of hydrogen-bond donors (Lipinski definition) is 1. The lowest BCUT2D eigenvalue weighted by atomic mass is 10.4. The Bertz CT molecular complexity index is 319. The molecule has 7 nitrogen and oxygen atoms in total. The van der Waals surface area contributed by atoms with Crippen LogP contribution in [-0.2, 0) is 4.74 Å². The van der Waals surface area contributed by atoms with E-state index >= 15 is 0 Å². The van der Waals surface area contributed by atoms with Crippen molar-refractivity contribution in [2.75, 3.05) is 13.2 Å². The molecular formula is C7H10FN3O4. The lowest BCUT2D eigenvalue weighted by Gasteiger charge is -2.07. The van der Waals surface area contributed by atoms with Crippen LogP contribution < -0.4 is 0 Å². The second-order valence-electron chi connectivity index (χ2n) is 2.98. The number of nitrogens with zero attached hydrogens (tertiary/aromatic N) is 3. The van der Waals surface area contributed by atoms with E-state index in [4.69, 9.17) is 9.84 Å². The quantitative estimate of drug-likeness (QED) is 0.392. The van der Waals surface area contributed by atoms with Crippen LogP contribution in [0.25, 0.3) is 0 Å². The van der Waals surface area contributed by atoms with E-state index in [9.17, 15) is 14.5 Å². The zero-order chi connectivity index (χ0) is 11.5. The molecule has 15 heavy (non-hydrogen) atoms. The van der Waals surface area contributed by atoms with Gasteiger partial charge >= 0.3 is 6.04 Å². The molecule has 0 radical (unpaired) electrons. The molecule has 1 aliphatic rings. The zero-order valence-electron chi connectivity index (χ0n) is 7.96. The molecule has 2 unspecified atom stereocenters. The molecule has 2 atom stereocenters. The van der Waals surface area contributed by atoms with Crippen molar-refractivity contribution < 1.29 is 19.2 Å². The minimum atomic E-state index is -3.11. The molecule has 0 aliphatic carbocycles. The van der Waals surface area contributed by atoms with Gasteiger partial charge in [0.25, 0.3) is 0 Å². The summed E-state index contributed by atoms with van der Waals surface area (Å²) < 4.78 is 18.1. The average molecular weight is 219 g/mol. The zero-order valence-corrected chi connectivity index (χ0v) is 7.96. The summed E-state index contributed by atoms with van der Waals surface area (Å²) in [6.07, 6.45) is 0.513. The molecule has 1 rings (SSSR count). The highest BCUT2D eigenvalue weighted by Crippen LogP contribution is 2.19. The first kappa shape index (κ1) is 11.7. The maximum absolute atomic E-state index is 13.1. The Morgan fingerprint density at radius 3 is 3.00 bits per heavy atom. The van der Waals surface area contributed by atoms with Gasteiger partial charge in [0, 0.05) is 0 Å². The Morgan fingerprint density at radius 1 is 1.87 bits per heavy atom. The molecule has 0 saturated carbocycles. The fraction of sp³-hybridized carbons (Fsp3) is 0.714. The van der Waals surface area contributed by atoms with Crippen LogP contribution in [0.2, 0.25) is 0 Å². The standard InChI is InChI=1S/C7H10FN3O4/c1-5(3-12)15-4-6-2-9-7(8,10-6)11(13)14/h2,5,12H,3-4H2,1H3. The van der Waals surface area contributed by atoms with Crippen molar-refractivity contribution in [3.05, 3.63) is 10.1 Å². The summed E-state index contributed by atoms with van der Waals surface area (Å²) in [6, 6.07) is -3.11. The number of nitro groups is 1. The van der Waals surface area contributed by atoms with Crippen molar-refractivity contribution in [3.63, 3.8) is 0 Å². The fourth-order valence-electron chi connectivity index (χ4n) is 0.835. The predicted octanol–water partition coefficient (Wildman–Crippen LogP) is -0.233. The van der Waals surface area contributed by atoms with Crippen molar-refractivity contribution in [2.24, 2.45) is 9.98 Å². The van der Waals surface area contributed by atoms with Crippen molar-refractivity contribution in [3.8, 4) is 0 Å². The van der Waals surface area contributed by atoms with Gasteiger partial charge in [-0.2, -0.15) is 9.98 Å². The van der Waals surface area contributed by atoms with Crippen LogP contribution in [0.4, 0.5) is 4.39 Å². The van der Waals surface area contributed by atoms with Gasteiger partial charge in [0.1, 0.15) is 4.92 Å². The second kappa shape index (κ2) is 4.41. The molecule has 1 heterocycles. The third-order valence-corrected chi connectivity index (χ3v) is 1.67. The lowest BCUT2D eigenvalue weighted by Crippen LogP contribution is -2.26. The van der Waals surface area contributed by atoms with E-state index < -0.39 is 17.1 Å². The maximum Gasteiger partial charge on any atom is 0.571 e. The Morgan fingerprint density at radius 2 is 2.53 bits per heavy atom. The summed E-state index contributed by atoms with van der Waals surface area (Å²) in [5, 5.41) is 18.8. The monoisotopic (exact) mass is 219 g/mol. The van der Waals surface area contributed by atoms with Gasteiger partial charge in [0.15, 0.2) is 0 Å². The second-order valence-corrected chi connectivity index (χ2v) is 2.98. The first-order valence-electron chi connectivity index (χ1n) is 4.18. The summed E-state index contributed by atoms with van der Waals surface area (Å²) >= 11 is 0. The van der Waals surface area contributed by atoms with Gasteiger partial charge in [0.2, 0.25) is 0 Å². The van der Waals surface area contributed by atoms with E-state index in [1.54, 1.807) is 6.92 Å². The summed E-state index contributed by atoms with van der Waals surface area (Å²) in [7, 11) is 0. The van der Waals surface area contributed by atoms with Gasteiger partial charge in [-0.05, 0) is 6.92 Å². The fourth-order valence-corrected chi connectivity index (χ4v) is 0.835. The molecule has 0 amide bonds. The van der Waals surface area contributed by atoms with Gasteiger partial charge in [-0.15, -0.1) is 4.39 Å². The van der Waals surface area contributed by atoms with E-state index in [0.717, 1.165) is 6.21 Å². The third-order valence-electron chi connectivity index (χ3n) is 1.67. The Balaban J connectivity index is 2.54. The number of aliphatic hydroxyl groups is 1. The van der Waals surface area contributed by atoms with Crippen LogP contribution in [0.15, 0.2) is 9.98 Å². The van der Waals surface area contributed by atoms with Gasteiger partial charge < -0.3 is 9.84 Å². The third kappa shape index (κ3) is 2.77. The number of aliphatic imine (C=N–C) groups is 2. The van der Waals surface area contributed by atoms with E-state index in [2.05, 4.69) is 9.98 Å². The SMILES string of the molecule is CC(CO)OCC1=NC(F)([N+](=O)[O-])N=C1. The minimum absolute atomic E-state index is 0.0366. The number of aliphatic hydroxyl groups excluding tert-OH is 1. The highest BCUT2D eigenvalue weighted by molar-refractivity contribution is 6.32. The van der Waals surface area contributed by atoms with Crippen LogP contribution in [0, 0.1) is 10.1 Å². The van der Waals surface area contributed by atoms with Crippen LogP contribution >= 0.6 is 0 Å². The van der Waals surface area contributed by atoms with E-state index in [1.807, 2.05) is 0 Å². The molecular weight excluding hydrogens is 209 g/mol. The van der Waals surface area contributed by atoms with Crippen molar-refractivity contribution in [1.29, 1.82) is 0 Å². The predicted molar refractivity (Wildman–Crippen MR) is 49.3 cm³/mol. The van der Waals surface area contributed by atoms with E-state index in [1.165, 1.54) is 0 Å². The number of ether oxygens (including phenoxy) is 1. The lowest BCUT2D eigenvalue weighted by molar-refractivity contribution is -0.600. The largest absolute Gasteiger partial charge is 0.571 e. The number of hydrogen-bond acceptors (Lipinski definition) is 6. The molecule has 0 bridgehead atoms. The summed E-state index contributed by atoms with van der Waals surface area (Å²) in [6.45, 7) is 1.29. The molecule has 1 aliphatic heterocycles. The Kier molecular flexibility index (Phi) is 3.43. The molecule has 0 aromatic rings. The molecule has 1 N–H and O–H groups in total. The molecule has 0 spiro atoms.